The third kappa shape index (κ3) is 3.14. The molecular formula is C16H14N4O. The molecule has 0 spiro atoms. The van der Waals surface area contributed by atoms with Crippen molar-refractivity contribution in [1.82, 2.24) is 9.78 Å². The Labute approximate surface area is 122 Å². The van der Waals surface area contributed by atoms with Crippen molar-refractivity contribution in [2.75, 3.05) is 0 Å². The second-order valence-electron chi connectivity index (χ2n) is 4.70. The van der Waals surface area contributed by atoms with E-state index >= 15 is 0 Å². The molecule has 5 nitrogen and oxygen atoms in total. The Balaban J connectivity index is 1.76. The van der Waals surface area contributed by atoms with Crippen LogP contribution in [0.2, 0.25) is 0 Å². The molecule has 0 bridgehead atoms. The van der Waals surface area contributed by atoms with E-state index in [1.165, 1.54) is 0 Å². The van der Waals surface area contributed by atoms with E-state index in [4.69, 9.17) is 0 Å². The number of aryl methyl sites for hydroxylation is 1. The number of rotatable bonds is 3. The van der Waals surface area contributed by atoms with Crippen LogP contribution in [-0.2, 0) is 0 Å². The van der Waals surface area contributed by atoms with E-state index in [-0.39, 0.29) is 5.75 Å². The van der Waals surface area contributed by atoms with Crippen LogP contribution in [0.1, 0.15) is 5.56 Å². The molecule has 1 heterocycles. The minimum atomic E-state index is 0.216. The fourth-order valence-electron chi connectivity index (χ4n) is 1.86. The van der Waals surface area contributed by atoms with Gasteiger partial charge in [0.2, 0.25) is 0 Å². The number of azo groups is 1. The molecule has 0 aliphatic carbocycles. The van der Waals surface area contributed by atoms with Gasteiger partial charge < -0.3 is 5.11 Å². The third-order valence-electron chi connectivity index (χ3n) is 2.96. The van der Waals surface area contributed by atoms with Crippen molar-refractivity contribution < 1.29 is 5.11 Å². The molecule has 0 fully saturated rings. The molecule has 0 atom stereocenters. The van der Waals surface area contributed by atoms with Gasteiger partial charge in [-0.15, -0.1) is 0 Å². The highest BCUT2D eigenvalue weighted by Crippen LogP contribution is 2.21. The summed E-state index contributed by atoms with van der Waals surface area (Å²) >= 11 is 0. The fraction of sp³-hybridized carbons (Fsp3) is 0.0625. The summed E-state index contributed by atoms with van der Waals surface area (Å²) in [6, 6.07) is 14.2. The van der Waals surface area contributed by atoms with Crippen LogP contribution in [-0.4, -0.2) is 14.9 Å². The Hall–Kier alpha value is -2.95. The summed E-state index contributed by atoms with van der Waals surface area (Å²) in [5, 5.41) is 21.7. The maximum Gasteiger partial charge on any atom is 0.115 e. The number of aromatic hydroxyl groups is 1. The maximum absolute atomic E-state index is 9.20. The van der Waals surface area contributed by atoms with Gasteiger partial charge in [-0.3, -0.25) is 0 Å². The van der Waals surface area contributed by atoms with E-state index in [9.17, 15) is 5.11 Å². The molecule has 1 N–H and O–H groups in total. The molecule has 0 radical (unpaired) electrons. The maximum atomic E-state index is 9.20. The lowest BCUT2D eigenvalue weighted by Gasteiger charge is -2.00. The lowest BCUT2D eigenvalue weighted by atomic mass is 10.3. The van der Waals surface area contributed by atoms with Gasteiger partial charge in [0.1, 0.15) is 5.75 Å². The van der Waals surface area contributed by atoms with Crippen molar-refractivity contribution in [2.24, 2.45) is 10.2 Å². The molecule has 5 heteroatoms. The molecule has 0 unspecified atom stereocenters. The van der Waals surface area contributed by atoms with Crippen LogP contribution in [0.5, 0.6) is 5.75 Å². The van der Waals surface area contributed by atoms with E-state index < -0.39 is 0 Å². The zero-order valence-electron chi connectivity index (χ0n) is 11.5. The zero-order valence-corrected chi connectivity index (χ0v) is 11.5. The van der Waals surface area contributed by atoms with Gasteiger partial charge in [0.15, 0.2) is 0 Å². The van der Waals surface area contributed by atoms with E-state index in [1.54, 1.807) is 24.3 Å². The Morgan fingerprint density at radius 2 is 1.48 bits per heavy atom. The fourth-order valence-corrected chi connectivity index (χ4v) is 1.86. The molecule has 0 amide bonds. The summed E-state index contributed by atoms with van der Waals surface area (Å²) in [6.07, 6.45) is 3.78. The van der Waals surface area contributed by atoms with Gasteiger partial charge in [-0.1, -0.05) is 0 Å². The summed E-state index contributed by atoms with van der Waals surface area (Å²) in [7, 11) is 0. The molecule has 0 saturated carbocycles. The van der Waals surface area contributed by atoms with Crippen LogP contribution < -0.4 is 0 Å². The van der Waals surface area contributed by atoms with Gasteiger partial charge in [-0.05, 0) is 61.0 Å². The molecule has 104 valence electrons. The second kappa shape index (κ2) is 5.58. The Morgan fingerprint density at radius 1 is 0.905 bits per heavy atom. The first-order valence-electron chi connectivity index (χ1n) is 6.53. The van der Waals surface area contributed by atoms with Crippen LogP contribution in [0.15, 0.2) is 71.2 Å². The minimum absolute atomic E-state index is 0.216. The molecule has 0 aliphatic rings. The predicted molar refractivity (Wildman–Crippen MR) is 80.6 cm³/mol. The lowest BCUT2D eigenvalue weighted by molar-refractivity contribution is 0.475. The van der Waals surface area contributed by atoms with E-state index in [0.717, 1.165) is 16.9 Å². The number of phenolic OH excluding ortho intramolecular Hbond substituents is 1. The molecule has 3 aromatic rings. The highest BCUT2D eigenvalue weighted by atomic mass is 16.3. The van der Waals surface area contributed by atoms with Crippen molar-refractivity contribution in [3.8, 4) is 11.4 Å². The van der Waals surface area contributed by atoms with Crippen molar-refractivity contribution in [2.45, 2.75) is 6.92 Å². The molecule has 0 aliphatic heterocycles. The Kier molecular flexibility index (Phi) is 3.47. The molecule has 0 saturated heterocycles. The smallest absolute Gasteiger partial charge is 0.115 e. The standard InChI is InChI=1S/C16H14N4O/c1-12-10-17-20(11-12)15-6-2-13(3-7-15)18-19-14-4-8-16(21)9-5-14/h2-11,21H,1H3. The SMILES string of the molecule is Cc1cnn(-c2ccc(N=Nc3ccc(O)cc3)cc2)c1. The van der Waals surface area contributed by atoms with Crippen molar-refractivity contribution in [1.29, 1.82) is 0 Å². The summed E-state index contributed by atoms with van der Waals surface area (Å²) < 4.78 is 1.82. The number of nitrogens with zero attached hydrogens (tertiary/aromatic N) is 4. The van der Waals surface area contributed by atoms with E-state index in [1.807, 2.05) is 48.3 Å². The zero-order chi connectivity index (χ0) is 14.7. The number of hydrogen-bond donors (Lipinski definition) is 1. The largest absolute Gasteiger partial charge is 0.508 e. The highest BCUT2D eigenvalue weighted by Gasteiger charge is 1.98. The number of phenols is 1. The van der Waals surface area contributed by atoms with E-state index in [2.05, 4.69) is 15.3 Å². The first-order valence-corrected chi connectivity index (χ1v) is 6.53. The monoisotopic (exact) mass is 278 g/mol. The Bertz CT molecular complexity index is 758. The molecule has 1 aromatic heterocycles. The average Bonchev–Trinajstić information content (AvgIpc) is 2.94. The van der Waals surface area contributed by atoms with Gasteiger partial charge in [0.05, 0.1) is 23.3 Å². The van der Waals surface area contributed by atoms with Crippen molar-refractivity contribution in [3.05, 3.63) is 66.5 Å². The lowest BCUT2D eigenvalue weighted by Crippen LogP contribution is -1.92. The van der Waals surface area contributed by atoms with Gasteiger partial charge in [0, 0.05) is 6.20 Å². The van der Waals surface area contributed by atoms with Gasteiger partial charge in [-0.25, -0.2) is 4.68 Å². The number of aromatic nitrogens is 2. The molecular weight excluding hydrogens is 264 g/mol. The van der Waals surface area contributed by atoms with Crippen LogP contribution in [0.25, 0.3) is 5.69 Å². The summed E-state index contributed by atoms with van der Waals surface area (Å²) in [6.45, 7) is 2.00. The van der Waals surface area contributed by atoms with Crippen LogP contribution in [0.3, 0.4) is 0 Å². The number of benzene rings is 2. The topological polar surface area (TPSA) is 62.8 Å². The first-order chi connectivity index (χ1) is 10.2. The van der Waals surface area contributed by atoms with Crippen LogP contribution in [0.4, 0.5) is 11.4 Å². The summed E-state index contributed by atoms with van der Waals surface area (Å²) in [4.78, 5) is 0. The quantitative estimate of drug-likeness (QED) is 0.726. The second-order valence-corrected chi connectivity index (χ2v) is 4.70. The van der Waals surface area contributed by atoms with Crippen molar-refractivity contribution >= 4 is 11.4 Å². The number of hydrogen-bond acceptors (Lipinski definition) is 4. The van der Waals surface area contributed by atoms with Crippen LogP contribution >= 0.6 is 0 Å². The van der Waals surface area contributed by atoms with Gasteiger partial charge in [-0.2, -0.15) is 15.3 Å². The third-order valence-corrected chi connectivity index (χ3v) is 2.96. The van der Waals surface area contributed by atoms with Crippen LogP contribution in [0, 0.1) is 6.92 Å². The molecule has 2 aromatic carbocycles. The minimum Gasteiger partial charge on any atom is -0.508 e. The molecule has 3 rings (SSSR count). The highest BCUT2D eigenvalue weighted by molar-refractivity contribution is 5.45. The normalized spacial score (nSPS) is 11.1. The predicted octanol–water partition coefficient (Wildman–Crippen LogP) is 4.30. The summed E-state index contributed by atoms with van der Waals surface area (Å²) in [5.41, 5.74) is 3.55. The van der Waals surface area contributed by atoms with Crippen molar-refractivity contribution in [3.63, 3.8) is 0 Å². The average molecular weight is 278 g/mol. The summed E-state index contributed by atoms with van der Waals surface area (Å²) in [5.74, 6) is 0.216. The van der Waals surface area contributed by atoms with Gasteiger partial charge in [0.25, 0.3) is 0 Å². The van der Waals surface area contributed by atoms with Gasteiger partial charge >= 0.3 is 0 Å². The first kappa shape index (κ1) is 13.1. The van der Waals surface area contributed by atoms with E-state index in [0.29, 0.717) is 5.69 Å². The molecule has 21 heavy (non-hydrogen) atoms. The Morgan fingerprint density at radius 3 is 2.00 bits per heavy atom.